The molecule has 2 fully saturated rings. The highest BCUT2D eigenvalue weighted by Crippen LogP contribution is 2.54. The van der Waals surface area contributed by atoms with E-state index in [0.717, 1.165) is 19.3 Å². The molecule has 0 bridgehead atoms. The van der Waals surface area contributed by atoms with E-state index in [1.54, 1.807) is 28.1 Å². The molecule has 6 unspecified atom stereocenters. The van der Waals surface area contributed by atoms with Crippen LogP contribution >= 0.6 is 0 Å². The smallest absolute Gasteiger partial charge is 0.0896 e. The molecule has 3 aliphatic heterocycles. The van der Waals surface area contributed by atoms with Crippen molar-refractivity contribution in [2.75, 3.05) is 0 Å². The van der Waals surface area contributed by atoms with Gasteiger partial charge in [0.1, 0.15) is 0 Å². The van der Waals surface area contributed by atoms with Crippen molar-refractivity contribution in [2.45, 2.75) is 95.8 Å². The van der Waals surface area contributed by atoms with E-state index in [9.17, 15) is 0 Å². The summed E-state index contributed by atoms with van der Waals surface area (Å²) >= 11 is 0. The molecule has 4 heteroatoms. The number of aromatic nitrogens is 1. The fraction of sp³-hybridized carbons (Fsp3) is 0.545. The standard InChI is InChI=1S/C33H38N4/c1-33(2)15-21-17-7-3-5-9-22(17)35-30(21)29-20-12-11-19-28-25(36-31(19)32(20)37-26(29)16-33)14-13-24-27(28)18-8-4-6-10-23(18)34-24/h6,10-11,14,20-21,25-26,31-32,34-37H,3-5,7-9,12,15-16H2,1-2H3. The van der Waals surface area contributed by atoms with Crippen LogP contribution in [0, 0.1) is 17.3 Å². The van der Waals surface area contributed by atoms with Gasteiger partial charge < -0.3 is 15.6 Å². The van der Waals surface area contributed by atoms with E-state index < -0.39 is 0 Å². The molecular weight excluding hydrogens is 452 g/mol. The van der Waals surface area contributed by atoms with Gasteiger partial charge in [-0.1, -0.05) is 31.7 Å². The van der Waals surface area contributed by atoms with Gasteiger partial charge in [0.2, 0.25) is 0 Å². The predicted octanol–water partition coefficient (Wildman–Crippen LogP) is 3.82. The van der Waals surface area contributed by atoms with Crippen molar-refractivity contribution < 1.29 is 0 Å². The number of hydrogen-bond acceptors (Lipinski definition) is 3. The van der Waals surface area contributed by atoms with Gasteiger partial charge in [-0.15, -0.1) is 0 Å². The van der Waals surface area contributed by atoms with Crippen LogP contribution in [0.4, 0.5) is 0 Å². The Hall–Kier alpha value is -2.52. The van der Waals surface area contributed by atoms with E-state index in [0.29, 0.717) is 35.4 Å². The summed E-state index contributed by atoms with van der Waals surface area (Å²) in [7, 11) is 0. The highest BCUT2D eigenvalue weighted by molar-refractivity contribution is 5.80. The van der Waals surface area contributed by atoms with Crippen molar-refractivity contribution in [1.82, 2.24) is 20.9 Å². The second kappa shape index (κ2) is 7.32. The second-order valence-corrected chi connectivity index (χ2v) is 13.6. The molecule has 1 aromatic heterocycles. The summed E-state index contributed by atoms with van der Waals surface area (Å²) in [5.74, 6) is 1.21. The third-order valence-electron chi connectivity index (χ3n) is 10.9. The summed E-state index contributed by atoms with van der Waals surface area (Å²) in [4.78, 5) is 3.67. The summed E-state index contributed by atoms with van der Waals surface area (Å²) in [6, 6.07) is 1.61. The van der Waals surface area contributed by atoms with Crippen molar-refractivity contribution in [3.63, 3.8) is 0 Å². The lowest BCUT2D eigenvalue weighted by Gasteiger charge is -2.33. The molecule has 190 valence electrons. The van der Waals surface area contributed by atoms with Crippen molar-refractivity contribution in [1.29, 1.82) is 0 Å². The first kappa shape index (κ1) is 21.4. The average molecular weight is 491 g/mol. The van der Waals surface area contributed by atoms with E-state index in [-0.39, 0.29) is 6.04 Å². The summed E-state index contributed by atoms with van der Waals surface area (Å²) < 4.78 is 0. The number of H-pyrrole nitrogens is 1. The quantitative estimate of drug-likeness (QED) is 0.447. The van der Waals surface area contributed by atoms with Gasteiger partial charge in [-0.3, -0.25) is 5.32 Å². The van der Waals surface area contributed by atoms with E-state index in [1.807, 2.05) is 0 Å². The summed E-state index contributed by atoms with van der Waals surface area (Å²) in [5.41, 5.74) is 16.6. The van der Waals surface area contributed by atoms with Gasteiger partial charge in [0.15, 0.2) is 0 Å². The molecular formula is C33H38N4. The average Bonchev–Trinajstić information content (AvgIpc) is 3.61. The van der Waals surface area contributed by atoms with Crippen molar-refractivity contribution >= 4 is 17.4 Å². The molecule has 0 aromatic carbocycles. The van der Waals surface area contributed by atoms with Crippen LogP contribution in [0.5, 0.6) is 0 Å². The number of rotatable bonds is 0. The molecule has 0 radical (unpaired) electrons. The Bertz CT molecular complexity index is 1530. The normalized spacial score (nSPS) is 37.8. The Labute approximate surface area is 219 Å². The maximum Gasteiger partial charge on any atom is 0.0896 e. The minimum Gasteiger partial charge on any atom is -0.362 e. The molecule has 4 N–H and O–H groups in total. The molecule has 4 nitrogen and oxygen atoms in total. The van der Waals surface area contributed by atoms with Crippen LogP contribution in [0.15, 0.2) is 46.3 Å². The van der Waals surface area contributed by atoms with Crippen LogP contribution in [0.1, 0.15) is 76.5 Å². The maximum absolute atomic E-state index is 4.26. The largest absolute Gasteiger partial charge is 0.362 e. The van der Waals surface area contributed by atoms with E-state index in [2.05, 4.69) is 64.8 Å². The summed E-state index contributed by atoms with van der Waals surface area (Å²) in [5, 5.41) is 15.1. The van der Waals surface area contributed by atoms with Gasteiger partial charge in [-0.25, -0.2) is 0 Å². The van der Waals surface area contributed by atoms with E-state index >= 15 is 0 Å². The Morgan fingerprint density at radius 2 is 1.97 bits per heavy atom. The lowest BCUT2D eigenvalue weighted by molar-refractivity contribution is 0.260. The van der Waals surface area contributed by atoms with Crippen LogP contribution in [0.25, 0.3) is 17.4 Å². The molecule has 2 saturated heterocycles. The van der Waals surface area contributed by atoms with Crippen LogP contribution < -0.4 is 26.5 Å². The third kappa shape index (κ3) is 2.87. The number of aromatic amines is 1. The Morgan fingerprint density at radius 1 is 1.05 bits per heavy atom. The summed E-state index contributed by atoms with van der Waals surface area (Å²) in [6.07, 6.45) is 20.7. The van der Waals surface area contributed by atoms with Gasteiger partial charge in [-0.2, -0.15) is 0 Å². The fourth-order valence-electron chi connectivity index (χ4n) is 9.51. The van der Waals surface area contributed by atoms with Gasteiger partial charge >= 0.3 is 0 Å². The number of fused-ring (bicyclic) bond motifs is 12. The molecule has 0 saturated carbocycles. The zero-order valence-electron chi connectivity index (χ0n) is 22.1. The summed E-state index contributed by atoms with van der Waals surface area (Å²) in [6.45, 7) is 5.04. The molecule has 1 aromatic rings. The first-order chi connectivity index (χ1) is 18.1. The monoisotopic (exact) mass is 490 g/mol. The number of allylic oxidation sites excluding steroid dienone is 4. The Morgan fingerprint density at radius 3 is 2.92 bits per heavy atom. The van der Waals surface area contributed by atoms with Gasteiger partial charge in [0, 0.05) is 52.3 Å². The van der Waals surface area contributed by atoms with Crippen LogP contribution in [-0.2, 0) is 6.42 Å². The predicted molar refractivity (Wildman–Crippen MR) is 149 cm³/mol. The highest BCUT2D eigenvalue weighted by atomic mass is 15.1. The van der Waals surface area contributed by atoms with E-state index in [1.165, 1.54) is 65.9 Å². The SMILES string of the molecule is CC1(C)CC2NC3C(CC=C4C5=c6c7c([nH]c6=C=CC5NC43)C=CCC7)C2=C2NC3=C(CCCC3)C2C1. The second-order valence-electron chi connectivity index (χ2n) is 13.6. The maximum atomic E-state index is 4.26. The first-order valence-electron chi connectivity index (χ1n) is 14.9. The minimum atomic E-state index is 0.279. The van der Waals surface area contributed by atoms with Crippen LogP contribution in [-0.4, -0.2) is 29.2 Å². The zero-order valence-corrected chi connectivity index (χ0v) is 22.1. The molecule has 4 heterocycles. The molecule has 5 aliphatic carbocycles. The molecule has 8 aliphatic rings. The minimum absolute atomic E-state index is 0.279. The highest BCUT2D eigenvalue weighted by Gasteiger charge is 2.53. The van der Waals surface area contributed by atoms with E-state index in [4.69, 9.17) is 0 Å². The topological polar surface area (TPSA) is 51.9 Å². The lowest BCUT2D eigenvalue weighted by Crippen LogP contribution is -2.49. The van der Waals surface area contributed by atoms with Gasteiger partial charge in [0.25, 0.3) is 0 Å². The molecule has 0 amide bonds. The van der Waals surface area contributed by atoms with Crippen molar-refractivity contribution in [2.24, 2.45) is 17.3 Å². The molecule has 37 heavy (non-hydrogen) atoms. The van der Waals surface area contributed by atoms with Crippen LogP contribution in [0.3, 0.4) is 0 Å². The van der Waals surface area contributed by atoms with Crippen molar-refractivity contribution in [3.8, 4) is 0 Å². The number of nitrogens with one attached hydrogen (secondary N) is 4. The first-order valence-corrected chi connectivity index (χ1v) is 14.9. The third-order valence-corrected chi connectivity index (χ3v) is 10.9. The molecule has 0 spiro atoms. The van der Waals surface area contributed by atoms with Crippen molar-refractivity contribution in [3.05, 3.63) is 68.2 Å². The number of hydrogen-bond donors (Lipinski definition) is 4. The lowest BCUT2D eigenvalue weighted by atomic mass is 9.76. The molecule has 9 rings (SSSR count). The fourth-order valence-corrected chi connectivity index (χ4v) is 9.51. The Balaban J connectivity index is 1.16. The van der Waals surface area contributed by atoms with Gasteiger partial charge in [0.05, 0.1) is 11.4 Å². The Kier molecular flexibility index (Phi) is 4.24. The zero-order chi connectivity index (χ0) is 24.5. The van der Waals surface area contributed by atoms with Crippen LogP contribution in [0.2, 0.25) is 0 Å². The molecule has 6 atom stereocenters. The van der Waals surface area contributed by atoms with Gasteiger partial charge in [-0.05, 0) is 103 Å².